The fourth-order valence-corrected chi connectivity index (χ4v) is 3.19. The Hall–Kier alpha value is -4.34. The molecular weight excluding hydrogens is 398 g/mol. The Morgan fingerprint density at radius 1 is 0.968 bits per heavy atom. The second kappa shape index (κ2) is 7.82. The van der Waals surface area contributed by atoms with Crippen molar-refractivity contribution in [3.05, 3.63) is 72.2 Å². The van der Waals surface area contributed by atoms with Crippen LogP contribution in [0.5, 0.6) is 5.75 Å². The van der Waals surface area contributed by atoms with E-state index in [9.17, 15) is 4.79 Å². The van der Waals surface area contributed by atoms with E-state index in [-0.39, 0.29) is 13.0 Å². The summed E-state index contributed by atoms with van der Waals surface area (Å²) in [5, 5.41) is 17.6. The highest BCUT2D eigenvalue weighted by molar-refractivity contribution is 5.82. The number of hydrogen-bond donors (Lipinski definition) is 0. The molecule has 10 nitrogen and oxygen atoms in total. The van der Waals surface area contributed by atoms with Gasteiger partial charge < -0.3 is 9.47 Å². The summed E-state index contributed by atoms with van der Waals surface area (Å²) in [5.74, 6) is 1.05. The highest BCUT2D eigenvalue weighted by Crippen LogP contribution is 2.21. The van der Waals surface area contributed by atoms with E-state index in [1.807, 2.05) is 60.7 Å². The maximum absolute atomic E-state index is 11.9. The molecule has 0 unspecified atom stereocenters. The Bertz CT molecular complexity index is 1360. The standard InChI is InChI=1S/C21H17N7O3/c1-30-18(29)12-16-19-20(27(25-16)14-8-4-2-5-9-14)28-21(24-23-19)22-17(26-28)13-31-15-10-6-3-7-11-15/h2-11H,12-13H2,1H3. The van der Waals surface area contributed by atoms with Gasteiger partial charge in [-0.05, 0) is 24.3 Å². The van der Waals surface area contributed by atoms with Crippen molar-refractivity contribution < 1.29 is 14.3 Å². The largest absolute Gasteiger partial charge is 0.486 e. The third-order valence-corrected chi connectivity index (χ3v) is 4.63. The van der Waals surface area contributed by atoms with Gasteiger partial charge in [0.2, 0.25) is 0 Å². The van der Waals surface area contributed by atoms with E-state index >= 15 is 0 Å². The molecule has 0 saturated heterocycles. The average Bonchev–Trinajstić information content (AvgIpc) is 3.40. The minimum atomic E-state index is -0.419. The van der Waals surface area contributed by atoms with Crippen molar-refractivity contribution >= 4 is 22.9 Å². The molecule has 3 aromatic heterocycles. The Morgan fingerprint density at radius 2 is 1.71 bits per heavy atom. The molecule has 0 amide bonds. The number of hydrogen-bond acceptors (Lipinski definition) is 8. The number of fused-ring (bicyclic) bond motifs is 3. The molecule has 10 heteroatoms. The maximum Gasteiger partial charge on any atom is 0.311 e. The summed E-state index contributed by atoms with van der Waals surface area (Å²) >= 11 is 0. The van der Waals surface area contributed by atoms with Crippen LogP contribution in [-0.4, -0.2) is 47.7 Å². The van der Waals surface area contributed by atoms with Crippen molar-refractivity contribution in [1.82, 2.24) is 34.6 Å². The van der Waals surface area contributed by atoms with E-state index in [1.165, 1.54) is 7.11 Å². The fourth-order valence-electron chi connectivity index (χ4n) is 3.19. The van der Waals surface area contributed by atoms with E-state index < -0.39 is 5.97 Å². The van der Waals surface area contributed by atoms with Crippen LogP contribution in [-0.2, 0) is 22.6 Å². The third-order valence-electron chi connectivity index (χ3n) is 4.63. The molecule has 0 aliphatic rings. The highest BCUT2D eigenvalue weighted by atomic mass is 16.5. The van der Waals surface area contributed by atoms with Gasteiger partial charge in [0.25, 0.3) is 5.78 Å². The van der Waals surface area contributed by atoms with Crippen molar-refractivity contribution in [3.63, 3.8) is 0 Å². The lowest BCUT2D eigenvalue weighted by molar-refractivity contribution is -0.139. The van der Waals surface area contributed by atoms with Crippen molar-refractivity contribution in [2.75, 3.05) is 7.11 Å². The zero-order chi connectivity index (χ0) is 21.2. The lowest BCUT2D eigenvalue weighted by Gasteiger charge is -2.03. The number of aromatic nitrogens is 7. The fraction of sp³-hybridized carbons (Fsp3) is 0.143. The van der Waals surface area contributed by atoms with Crippen LogP contribution in [0.25, 0.3) is 22.6 Å². The quantitative estimate of drug-likeness (QED) is 0.388. The molecule has 0 aliphatic heterocycles. The SMILES string of the molecule is COC(=O)Cc1nn(-c2ccccc2)c2c1nnc1nc(COc3ccccc3)nn12. The Kier molecular flexibility index (Phi) is 4.71. The van der Waals surface area contributed by atoms with Gasteiger partial charge in [0.15, 0.2) is 17.0 Å². The first-order valence-electron chi connectivity index (χ1n) is 9.53. The number of methoxy groups -OCH3 is 1. The second-order valence-electron chi connectivity index (χ2n) is 6.66. The lowest BCUT2D eigenvalue weighted by atomic mass is 10.3. The molecule has 31 heavy (non-hydrogen) atoms. The molecule has 0 atom stereocenters. The van der Waals surface area contributed by atoms with Gasteiger partial charge in [-0.2, -0.15) is 14.6 Å². The van der Waals surface area contributed by atoms with Gasteiger partial charge in [-0.15, -0.1) is 15.3 Å². The minimum absolute atomic E-state index is 0.0360. The summed E-state index contributed by atoms with van der Waals surface area (Å²) in [6, 6.07) is 18.9. The number of ether oxygens (including phenoxy) is 2. The number of carbonyl (C=O) groups excluding carboxylic acids is 1. The number of esters is 1. The monoisotopic (exact) mass is 415 g/mol. The van der Waals surface area contributed by atoms with Gasteiger partial charge in [-0.25, -0.2) is 4.68 Å². The summed E-state index contributed by atoms with van der Waals surface area (Å²) < 4.78 is 13.8. The predicted octanol–water partition coefficient (Wildman–Crippen LogP) is 2.15. The summed E-state index contributed by atoms with van der Waals surface area (Å²) in [5.41, 5.74) is 2.23. The molecule has 0 radical (unpaired) electrons. The minimum Gasteiger partial charge on any atom is -0.486 e. The van der Waals surface area contributed by atoms with Crippen molar-refractivity contribution in [2.24, 2.45) is 0 Å². The number of para-hydroxylation sites is 2. The molecule has 2 aromatic carbocycles. The number of carbonyl (C=O) groups is 1. The van der Waals surface area contributed by atoms with Crippen molar-refractivity contribution in [3.8, 4) is 11.4 Å². The normalized spacial score (nSPS) is 11.1. The van der Waals surface area contributed by atoms with Crippen LogP contribution < -0.4 is 4.74 Å². The van der Waals surface area contributed by atoms with Crippen LogP contribution in [0.3, 0.4) is 0 Å². The molecule has 0 spiro atoms. The molecule has 0 aliphatic carbocycles. The zero-order valence-electron chi connectivity index (χ0n) is 16.5. The number of rotatable bonds is 6. The first kappa shape index (κ1) is 18.7. The highest BCUT2D eigenvalue weighted by Gasteiger charge is 2.21. The predicted molar refractivity (Wildman–Crippen MR) is 110 cm³/mol. The van der Waals surface area contributed by atoms with E-state index in [0.29, 0.717) is 34.2 Å². The molecule has 3 heterocycles. The van der Waals surface area contributed by atoms with Gasteiger partial charge in [-0.1, -0.05) is 36.4 Å². The van der Waals surface area contributed by atoms with Crippen LogP contribution in [0, 0.1) is 0 Å². The van der Waals surface area contributed by atoms with Crippen LogP contribution in [0.4, 0.5) is 0 Å². The molecular formula is C21H17N7O3. The van der Waals surface area contributed by atoms with E-state index in [2.05, 4.69) is 25.4 Å². The molecule has 0 N–H and O–H groups in total. The zero-order valence-corrected chi connectivity index (χ0v) is 16.5. The first-order valence-corrected chi connectivity index (χ1v) is 9.53. The van der Waals surface area contributed by atoms with E-state index in [4.69, 9.17) is 9.47 Å². The summed E-state index contributed by atoms with van der Waals surface area (Å²) in [4.78, 5) is 16.3. The molecule has 5 rings (SSSR count). The van der Waals surface area contributed by atoms with Gasteiger partial charge in [0.05, 0.1) is 19.2 Å². The van der Waals surface area contributed by atoms with Crippen LogP contribution >= 0.6 is 0 Å². The molecule has 0 bridgehead atoms. The summed E-state index contributed by atoms with van der Waals surface area (Å²) in [6.07, 6.45) is -0.0360. The Labute approximate surface area is 176 Å². The molecule has 0 fully saturated rings. The average molecular weight is 415 g/mol. The summed E-state index contributed by atoms with van der Waals surface area (Å²) in [6.45, 7) is 0.170. The van der Waals surface area contributed by atoms with Gasteiger partial charge in [0, 0.05) is 0 Å². The van der Waals surface area contributed by atoms with Gasteiger partial charge >= 0.3 is 5.97 Å². The van der Waals surface area contributed by atoms with Crippen molar-refractivity contribution in [1.29, 1.82) is 0 Å². The van der Waals surface area contributed by atoms with Crippen molar-refractivity contribution in [2.45, 2.75) is 13.0 Å². The molecule has 0 saturated carbocycles. The number of benzene rings is 2. The van der Waals surface area contributed by atoms with Crippen LogP contribution in [0.1, 0.15) is 11.5 Å². The first-order chi connectivity index (χ1) is 15.2. The Balaban J connectivity index is 1.62. The van der Waals surface area contributed by atoms with Crippen LogP contribution in [0.15, 0.2) is 60.7 Å². The van der Waals surface area contributed by atoms with Crippen LogP contribution in [0.2, 0.25) is 0 Å². The second-order valence-corrected chi connectivity index (χ2v) is 6.66. The van der Waals surface area contributed by atoms with E-state index in [1.54, 1.807) is 9.20 Å². The third kappa shape index (κ3) is 3.54. The maximum atomic E-state index is 11.9. The number of nitrogens with zero attached hydrogens (tertiary/aromatic N) is 7. The van der Waals surface area contributed by atoms with Gasteiger partial charge in [-0.3, -0.25) is 4.79 Å². The lowest BCUT2D eigenvalue weighted by Crippen LogP contribution is -2.06. The van der Waals surface area contributed by atoms with Gasteiger partial charge in [0.1, 0.15) is 18.1 Å². The van der Waals surface area contributed by atoms with E-state index in [0.717, 1.165) is 5.69 Å². The molecule has 154 valence electrons. The Morgan fingerprint density at radius 3 is 2.45 bits per heavy atom. The topological polar surface area (TPSA) is 109 Å². The molecule has 5 aromatic rings. The summed E-state index contributed by atoms with van der Waals surface area (Å²) in [7, 11) is 1.33. The smallest absolute Gasteiger partial charge is 0.311 e.